The van der Waals surface area contributed by atoms with Crippen molar-refractivity contribution in [3.05, 3.63) is 33.7 Å². The third kappa shape index (κ3) is 3.42. The molecule has 1 heterocycles. The SMILES string of the molecule is Cc1ccc(C(=O)O)c(=O)n1CCC(C)(C)O. The highest BCUT2D eigenvalue weighted by atomic mass is 16.4. The molecule has 0 aliphatic heterocycles. The topological polar surface area (TPSA) is 79.5 Å². The van der Waals surface area contributed by atoms with Crippen molar-refractivity contribution in [2.75, 3.05) is 0 Å². The number of aliphatic hydroxyl groups is 1. The fraction of sp³-hybridized carbons (Fsp3) is 0.500. The van der Waals surface area contributed by atoms with Crippen LogP contribution in [-0.4, -0.2) is 26.4 Å². The Bertz CT molecular complexity index is 482. The van der Waals surface area contributed by atoms with Crippen LogP contribution in [0.2, 0.25) is 0 Å². The van der Waals surface area contributed by atoms with Gasteiger partial charge in [-0.25, -0.2) is 4.79 Å². The van der Waals surface area contributed by atoms with E-state index in [9.17, 15) is 14.7 Å². The highest BCUT2D eigenvalue weighted by molar-refractivity contribution is 5.87. The zero-order valence-electron chi connectivity index (χ0n) is 10.2. The van der Waals surface area contributed by atoms with E-state index >= 15 is 0 Å². The highest BCUT2D eigenvalue weighted by Gasteiger charge is 2.16. The van der Waals surface area contributed by atoms with Gasteiger partial charge >= 0.3 is 5.97 Å². The van der Waals surface area contributed by atoms with Gasteiger partial charge in [0.1, 0.15) is 5.56 Å². The van der Waals surface area contributed by atoms with E-state index in [1.165, 1.54) is 10.6 Å². The van der Waals surface area contributed by atoms with Crippen molar-refractivity contribution >= 4 is 5.97 Å². The van der Waals surface area contributed by atoms with Crippen molar-refractivity contribution in [2.45, 2.75) is 39.3 Å². The van der Waals surface area contributed by atoms with Crippen LogP contribution in [0.5, 0.6) is 0 Å². The summed E-state index contributed by atoms with van der Waals surface area (Å²) in [5.74, 6) is -1.23. The fourth-order valence-corrected chi connectivity index (χ4v) is 1.50. The summed E-state index contributed by atoms with van der Waals surface area (Å²) < 4.78 is 1.38. The second-order valence-corrected chi connectivity index (χ2v) is 4.71. The molecule has 94 valence electrons. The van der Waals surface area contributed by atoms with E-state index in [1.54, 1.807) is 26.8 Å². The van der Waals surface area contributed by atoms with Gasteiger partial charge in [-0.3, -0.25) is 4.79 Å². The molecule has 0 spiro atoms. The summed E-state index contributed by atoms with van der Waals surface area (Å²) in [6.45, 7) is 5.33. The predicted octanol–water partition coefficient (Wildman–Crippen LogP) is 1.02. The molecule has 0 saturated heterocycles. The Morgan fingerprint density at radius 2 is 2.00 bits per heavy atom. The maximum Gasteiger partial charge on any atom is 0.341 e. The highest BCUT2D eigenvalue weighted by Crippen LogP contribution is 2.09. The fourth-order valence-electron chi connectivity index (χ4n) is 1.50. The van der Waals surface area contributed by atoms with Crippen LogP contribution in [0.15, 0.2) is 16.9 Å². The zero-order valence-corrected chi connectivity index (χ0v) is 10.2. The lowest BCUT2D eigenvalue weighted by Crippen LogP contribution is -2.31. The molecule has 1 aromatic heterocycles. The molecule has 5 nitrogen and oxygen atoms in total. The molecule has 5 heteroatoms. The largest absolute Gasteiger partial charge is 0.477 e. The average molecular weight is 239 g/mol. The van der Waals surface area contributed by atoms with E-state index in [4.69, 9.17) is 5.11 Å². The standard InChI is InChI=1S/C12H17NO4/c1-8-4-5-9(11(15)16)10(14)13(8)7-6-12(2,3)17/h4-5,17H,6-7H2,1-3H3,(H,15,16). The molecule has 0 bridgehead atoms. The molecule has 2 N–H and O–H groups in total. The third-order valence-electron chi connectivity index (χ3n) is 2.57. The number of hydrogen-bond donors (Lipinski definition) is 2. The molecule has 0 radical (unpaired) electrons. The van der Waals surface area contributed by atoms with Crippen LogP contribution in [0.1, 0.15) is 36.3 Å². The molecule has 1 rings (SSSR count). The minimum atomic E-state index is -1.23. The molecular weight excluding hydrogens is 222 g/mol. The number of aromatic nitrogens is 1. The zero-order chi connectivity index (χ0) is 13.2. The lowest BCUT2D eigenvalue weighted by Gasteiger charge is -2.19. The second-order valence-electron chi connectivity index (χ2n) is 4.71. The minimum Gasteiger partial charge on any atom is -0.477 e. The van der Waals surface area contributed by atoms with Crippen molar-refractivity contribution in [3.63, 3.8) is 0 Å². The Kier molecular flexibility index (Phi) is 3.72. The van der Waals surface area contributed by atoms with Gasteiger partial charge in [0.15, 0.2) is 0 Å². The van der Waals surface area contributed by atoms with Gasteiger partial charge in [-0.15, -0.1) is 0 Å². The summed E-state index contributed by atoms with van der Waals surface area (Å²) >= 11 is 0. The van der Waals surface area contributed by atoms with E-state index < -0.39 is 17.1 Å². The van der Waals surface area contributed by atoms with Gasteiger partial charge in [0, 0.05) is 12.2 Å². The molecule has 17 heavy (non-hydrogen) atoms. The smallest absolute Gasteiger partial charge is 0.341 e. The van der Waals surface area contributed by atoms with Gasteiger partial charge in [-0.1, -0.05) is 0 Å². The number of carboxylic acid groups (broad SMARTS) is 1. The first kappa shape index (κ1) is 13.4. The number of rotatable bonds is 4. The first-order chi connectivity index (χ1) is 7.72. The van der Waals surface area contributed by atoms with E-state index in [0.717, 1.165) is 0 Å². The van der Waals surface area contributed by atoms with Crippen molar-refractivity contribution < 1.29 is 15.0 Å². The van der Waals surface area contributed by atoms with Crippen LogP contribution in [0.4, 0.5) is 0 Å². The maximum absolute atomic E-state index is 11.8. The van der Waals surface area contributed by atoms with Crippen molar-refractivity contribution in [2.24, 2.45) is 0 Å². The molecule has 0 aliphatic rings. The lowest BCUT2D eigenvalue weighted by atomic mass is 10.1. The first-order valence-electron chi connectivity index (χ1n) is 5.38. The van der Waals surface area contributed by atoms with Gasteiger partial charge < -0.3 is 14.8 Å². The Hall–Kier alpha value is -1.62. The van der Waals surface area contributed by atoms with Crippen LogP contribution in [0, 0.1) is 6.92 Å². The summed E-state index contributed by atoms with van der Waals surface area (Å²) in [4.78, 5) is 22.7. The number of hydrogen-bond acceptors (Lipinski definition) is 3. The number of carbonyl (C=O) groups is 1. The normalized spacial score (nSPS) is 11.5. The van der Waals surface area contributed by atoms with E-state index in [1.807, 2.05) is 0 Å². The second kappa shape index (κ2) is 4.71. The van der Waals surface area contributed by atoms with Crippen molar-refractivity contribution in [1.29, 1.82) is 0 Å². The molecule has 0 aliphatic carbocycles. The van der Waals surface area contributed by atoms with Crippen molar-refractivity contribution in [3.8, 4) is 0 Å². The van der Waals surface area contributed by atoms with Crippen LogP contribution < -0.4 is 5.56 Å². The average Bonchev–Trinajstić information content (AvgIpc) is 2.14. The summed E-state index contributed by atoms with van der Waals surface area (Å²) in [6, 6.07) is 2.90. The van der Waals surface area contributed by atoms with Gasteiger partial charge in [0.05, 0.1) is 5.60 Å². The van der Waals surface area contributed by atoms with Gasteiger partial charge in [0.2, 0.25) is 0 Å². The molecule has 0 saturated carbocycles. The van der Waals surface area contributed by atoms with Crippen LogP contribution >= 0.6 is 0 Å². The molecular formula is C12H17NO4. The summed E-state index contributed by atoms with van der Waals surface area (Å²) in [5, 5.41) is 18.5. The minimum absolute atomic E-state index is 0.244. The molecule has 0 amide bonds. The number of carboxylic acids is 1. The quantitative estimate of drug-likeness (QED) is 0.822. The molecule has 0 aromatic carbocycles. The van der Waals surface area contributed by atoms with Crippen molar-refractivity contribution in [1.82, 2.24) is 4.57 Å². The van der Waals surface area contributed by atoms with Gasteiger partial charge in [0.25, 0.3) is 5.56 Å². The summed E-state index contributed by atoms with van der Waals surface area (Å²) in [7, 11) is 0. The third-order valence-corrected chi connectivity index (χ3v) is 2.57. The molecule has 0 unspecified atom stereocenters. The monoisotopic (exact) mass is 239 g/mol. The van der Waals surface area contributed by atoms with Crippen LogP contribution in [-0.2, 0) is 6.54 Å². The molecule has 1 aromatic rings. The predicted molar refractivity (Wildman–Crippen MR) is 63.3 cm³/mol. The summed E-state index contributed by atoms with van der Waals surface area (Å²) in [5.41, 5.74) is -0.970. The number of pyridine rings is 1. The summed E-state index contributed by atoms with van der Waals surface area (Å²) in [6.07, 6.45) is 0.386. The Labute approximate surface area is 99.3 Å². The first-order valence-corrected chi connectivity index (χ1v) is 5.38. The Morgan fingerprint density at radius 3 is 2.47 bits per heavy atom. The molecule has 0 fully saturated rings. The van der Waals surface area contributed by atoms with Gasteiger partial charge in [-0.2, -0.15) is 0 Å². The Balaban J connectivity index is 3.11. The lowest BCUT2D eigenvalue weighted by molar-refractivity contribution is 0.0656. The number of nitrogens with zero attached hydrogens (tertiary/aromatic N) is 1. The maximum atomic E-state index is 11.8. The molecule has 0 atom stereocenters. The van der Waals surface area contributed by atoms with E-state index in [2.05, 4.69) is 0 Å². The number of aromatic carboxylic acids is 1. The van der Waals surface area contributed by atoms with Gasteiger partial charge in [-0.05, 0) is 39.3 Å². The Morgan fingerprint density at radius 1 is 1.41 bits per heavy atom. The number of aryl methyl sites for hydroxylation is 1. The van der Waals surface area contributed by atoms with Crippen LogP contribution in [0.25, 0.3) is 0 Å². The van der Waals surface area contributed by atoms with E-state index in [-0.39, 0.29) is 5.56 Å². The van der Waals surface area contributed by atoms with E-state index in [0.29, 0.717) is 18.7 Å². The van der Waals surface area contributed by atoms with Crippen LogP contribution in [0.3, 0.4) is 0 Å².